The van der Waals surface area contributed by atoms with Crippen LogP contribution in [-0.2, 0) is 0 Å². The van der Waals surface area contributed by atoms with Gasteiger partial charge in [-0.25, -0.2) is 5.43 Å². The smallest absolute Gasteiger partial charge is 0.275 e. The number of halogens is 1. The molecule has 3 rings (SSSR count). The molecule has 1 aromatic rings. The highest BCUT2D eigenvalue weighted by molar-refractivity contribution is 6.31. The SMILES string of the molecule is O=C(N/N=C1/CC2C=CCC12)c1cc(Cl)ccc1O. The lowest BCUT2D eigenvalue weighted by molar-refractivity contribution is 0.0951. The first kappa shape index (κ1) is 12.2. The average Bonchev–Trinajstić information content (AvgIpc) is 2.74. The van der Waals surface area contributed by atoms with E-state index in [9.17, 15) is 9.90 Å². The Morgan fingerprint density at radius 2 is 2.32 bits per heavy atom. The third-order valence-corrected chi connectivity index (χ3v) is 3.90. The van der Waals surface area contributed by atoms with Crippen LogP contribution in [0.25, 0.3) is 0 Å². The molecule has 0 heterocycles. The summed E-state index contributed by atoms with van der Waals surface area (Å²) in [5.41, 5.74) is 3.64. The molecule has 4 nitrogen and oxygen atoms in total. The minimum Gasteiger partial charge on any atom is -0.507 e. The molecule has 2 N–H and O–H groups in total. The highest BCUT2D eigenvalue weighted by Gasteiger charge is 2.38. The Kier molecular flexibility index (Phi) is 3.03. The van der Waals surface area contributed by atoms with Gasteiger partial charge in [0.05, 0.1) is 5.56 Å². The minimum absolute atomic E-state index is 0.101. The van der Waals surface area contributed by atoms with Crippen molar-refractivity contribution < 1.29 is 9.90 Å². The summed E-state index contributed by atoms with van der Waals surface area (Å²) in [4.78, 5) is 11.9. The molecular weight excluding hydrogens is 264 g/mol. The number of hydrogen-bond acceptors (Lipinski definition) is 3. The fraction of sp³-hybridized carbons (Fsp3) is 0.286. The van der Waals surface area contributed by atoms with Crippen LogP contribution < -0.4 is 5.43 Å². The maximum atomic E-state index is 11.9. The number of carbonyl (C=O) groups excluding carboxylic acids is 1. The Labute approximate surface area is 115 Å². The molecule has 0 saturated heterocycles. The number of hydrazone groups is 1. The Morgan fingerprint density at radius 1 is 1.47 bits per heavy atom. The molecule has 1 fully saturated rings. The van der Waals surface area contributed by atoms with E-state index in [0.29, 0.717) is 16.9 Å². The van der Waals surface area contributed by atoms with Crippen molar-refractivity contribution in [3.8, 4) is 5.75 Å². The topological polar surface area (TPSA) is 61.7 Å². The van der Waals surface area contributed by atoms with Gasteiger partial charge in [0.2, 0.25) is 0 Å². The van der Waals surface area contributed by atoms with Gasteiger partial charge in [-0.2, -0.15) is 5.10 Å². The molecule has 0 aromatic heterocycles. The quantitative estimate of drug-likeness (QED) is 0.644. The number of aromatic hydroxyl groups is 1. The first-order chi connectivity index (χ1) is 9.15. The lowest BCUT2D eigenvalue weighted by Crippen LogP contribution is -2.35. The molecule has 0 spiro atoms. The van der Waals surface area contributed by atoms with Crippen molar-refractivity contribution in [3.05, 3.63) is 40.9 Å². The lowest BCUT2D eigenvalue weighted by atomic mass is 9.74. The van der Waals surface area contributed by atoms with Crippen molar-refractivity contribution in [2.24, 2.45) is 16.9 Å². The molecule has 0 radical (unpaired) electrons. The molecule has 0 bridgehead atoms. The van der Waals surface area contributed by atoms with E-state index in [1.165, 1.54) is 18.2 Å². The summed E-state index contributed by atoms with van der Waals surface area (Å²) in [5.74, 6) is 0.501. The largest absolute Gasteiger partial charge is 0.507 e. The van der Waals surface area contributed by atoms with Crippen molar-refractivity contribution in [3.63, 3.8) is 0 Å². The van der Waals surface area contributed by atoms with E-state index in [0.717, 1.165) is 18.6 Å². The molecule has 1 saturated carbocycles. The Bertz CT molecular complexity index is 595. The van der Waals surface area contributed by atoms with Gasteiger partial charge in [-0.15, -0.1) is 0 Å². The van der Waals surface area contributed by atoms with Crippen LogP contribution in [0.5, 0.6) is 5.75 Å². The molecule has 1 aromatic carbocycles. The third-order valence-electron chi connectivity index (χ3n) is 3.67. The molecule has 1 amide bonds. The molecule has 2 aliphatic carbocycles. The van der Waals surface area contributed by atoms with Crippen molar-refractivity contribution in [2.45, 2.75) is 12.8 Å². The summed E-state index contributed by atoms with van der Waals surface area (Å²) in [6.45, 7) is 0. The molecule has 2 aliphatic rings. The summed E-state index contributed by atoms with van der Waals surface area (Å²) in [6, 6.07) is 4.35. The number of fused-ring (bicyclic) bond motifs is 1. The Hall–Kier alpha value is -1.81. The number of hydrogen-bond donors (Lipinski definition) is 2. The zero-order valence-electron chi connectivity index (χ0n) is 10.1. The van der Waals surface area contributed by atoms with Gasteiger partial charge in [0.25, 0.3) is 5.91 Å². The second kappa shape index (κ2) is 4.70. The molecule has 2 unspecified atom stereocenters. The van der Waals surface area contributed by atoms with Crippen molar-refractivity contribution in [2.75, 3.05) is 0 Å². The maximum Gasteiger partial charge on any atom is 0.275 e. The summed E-state index contributed by atoms with van der Waals surface area (Å²) >= 11 is 5.80. The summed E-state index contributed by atoms with van der Waals surface area (Å²) in [5, 5.41) is 14.2. The van der Waals surface area contributed by atoms with Gasteiger partial charge < -0.3 is 5.11 Å². The van der Waals surface area contributed by atoms with E-state index in [1.807, 2.05) is 0 Å². The van der Waals surface area contributed by atoms with Crippen molar-refractivity contribution >= 4 is 23.2 Å². The number of benzene rings is 1. The van der Waals surface area contributed by atoms with E-state index in [2.05, 4.69) is 22.7 Å². The Balaban J connectivity index is 1.69. The van der Waals surface area contributed by atoms with Crippen LogP contribution >= 0.6 is 11.6 Å². The Morgan fingerprint density at radius 3 is 3.11 bits per heavy atom. The van der Waals surface area contributed by atoms with Crippen LogP contribution in [0.15, 0.2) is 35.5 Å². The monoisotopic (exact) mass is 276 g/mol. The number of rotatable bonds is 2. The minimum atomic E-state index is -0.443. The number of allylic oxidation sites excluding steroid dienone is 2. The van der Waals surface area contributed by atoms with Gasteiger partial charge in [-0.3, -0.25) is 4.79 Å². The van der Waals surface area contributed by atoms with Crippen molar-refractivity contribution in [1.82, 2.24) is 5.43 Å². The number of carbonyl (C=O) groups is 1. The number of nitrogens with one attached hydrogen (secondary N) is 1. The van der Waals surface area contributed by atoms with Gasteiger partial charge in [0.15, 0.2) is 0 Å². The fourth-order valence-electron chi connectivity index (χ4n) is 2.54. The summed E-state index contributed by atoms with van der Waals surface area (Å²) < 4.78 is 0. The first-order valence-corrected chi connectivity index (χ1v) is 6.55. The van der Waals surface area contributed by atoms with E-state index in [1.54, 1.807) is 0 Å². The summed E-state index contributed by atoms with van der Waals surface area (Å²) in [6.07, 6.45) is 6.27. The van der Waals surface area contributed by atoms with E-state index < -0.39 is 5.91 Å². The van der Waals surface area contributed by atoms with Crippen LogP contribution in [0.2, 0.25) is 5.02 Å². The molecule has 2 atom stereocenters. The van der Waals surface area contributed by atoms with Crippen LogP contribution in [0.1, 0.15) is 23.2 Å². The van der Waals surface area contributed by atoms with Gasteiger partial charge in [-0.05, 0) is 37.0 Å². The highest BCUT2D eigenvalue weighted by atomic mass is 35.5. The number of phenols is 1. The second-order valence-corrected chi connectivity index (χ2v) is 5.28. The van der Waals surface area contributed by atoms with Gasteiger partial charge in [0.1, 0.15) is 5.75 Å². The standard InChI is InChI=1S/C14H13ClN2O2/c15-9-4-5-13(18)11(7-9)14(19)17-16-12-6-8-2-1-3-10(8)12/h1-2,4-5,7-8,10,18H,3,6H2,(H,17,19)/b16-12-. The number of amides is 1. The van der Waals surface area contributed by atoms with Gasteiger partial charge >= 0.3 is 0 Å². The molecule has 98 valence electrons. The van der Waals surface area contributed by atoms with Crippen molar-refractivity contribution in [1.29, 1.82) is 0 Å². The molecule has 5 heteroatoms. The fourth-order valence-corrected chi connectivity index (χ4v) is 2.71. The zero-order valence-corrected chi connectivity index (χ0v) is 10.9. The number of phenolic OH excluding ortho intramolecular Hbond substituents is 1. The zero-order chi connectivity index (χ0) is 13.4. The predicted molar refractivity (Wildman–Crippen MR) is 73.4 cm³/mol. The average molecular weight is 277 g/mol. The third kappa shape index (κ3) is 2.24. The van der Waals surface area contributed by atoms with Gasteiger partial charge in [0, 0.05) is 16.7 Å². The maximum absolute atomic E-state index is 11.9. The normalized spacial score (nSPS) is 26.1. The van der Waals surface area contributed by atoms with E-state index in [-0.39, 0.29) is 11.3 Å². The van der Waals surface area contributed by atoms with Crippen LogP contribution in [0, 0.1) is 11.8 Å². The molecular formula is C14H13ClN2O2. The predicted octanol–water partition coefficient (Wildman–Crippen LogP) is 2.73. The lowest BCUT2D eigenvalue weighted by Gasteiger charge is -2.31. The summed E-state index contributed by atoms with van der Waals surface area (Å²) in [7, 11) is 0. The molecule has 19 heavy (non-hydrogen) atoms. The van der Waals surface area contributed by atoms with Crippen LogP contribution in [0.3, 0.4) is 0 Å². The van der Waals surface area contributed by atoms with Crippen LogP contribution in [0.4, 0.5) is 0 Å². The van der Waals surface area contributed by atoms with E-state index >= 15 is 0 Å². The van der Waals surface area contributed by atoms with Crippen LogP contribution in [-0.4, -0.2) is 16.7 Å². The van der Waals surface area contributed by atoms with E-state index in [4.69, 9.17) is 11.6 Å². The number of nitrogens with zero attached hydrogens (tertiary/aromatic N) is 1. The second-order valence-electron chi connectivity index (χ2n) is 4.84. The first-order valence-electron chi connectivity index (χ1n) is 6.17. The molecule has 0 aliphatic heterocycles. The van der Waals surface area contributed by atoms with Gasteiger partial charge in [-0.1, -0.05) is 23.8 Å². The highest BCUT2D eigenvalue weighted by Crippen LogP contribution is 2.40.